The van der Waals surface area contributed by atoms with Gasteiger partial charge in [0.25, 0.3) is 5.91 Å². The summed E-state index contributed by atoms with van der Waals surface area (Å²) in [4.78, 5) is 21.2. The summed E-state index contributed by atoms with van der Waals surface area (Å²) in [6.07, 6.45) is 0.962. The molecule has 0 spiro atoms. The van der Waals surface area contributed by atoms with Gasteiger partial charge in [0.2, 0.25) is 0 Å². The number of benzene rings is 2. The van der Waals surface area contributed by atoms with Gasteiger partial charge < -0.3 is 15.0 Å². The SMILES string of the molecule is Cc1cccc(OCC(=O)Nc2sc3c(c2-c2nc4ccccc4s2)CCN(C)C3)c1.Cl. The molecular formula is C24H24ClN3O2S2. The van der Waals surface area contributed by atoms with Crippen LogP contribution in [0.1, 0.15) is 16.0 Å². The molecule has 166 valence electrons. The Morgan fingerprint density at radius 3 is 2.84 bits per heavy atom. The first kappa shape index (κ1) is 22.7. The van der Waals surface area contributed by atoms with Crippen molar-refractivity contribution in [2.45, 2.75) is 19.9 Å². The maximum absolute atomic E-state index is 12.7. The lowest BCUT2D eigenvalue weighted by atomic mass is 10.0. The van der Waals surface area contributed by atoms with Gasteiger partial charge in [0.05, 0.1) is 10.2 Å². The van der Waals surface area contributed by atoms with Crippen molar-refractivity contribution in [3.05, 3.63) is 64.5 Å². The molecule has 3 heterocycles. The van der Waals surface area contributed by atoms with Crippen molar-refractivity contribution < 1.29 is 9.53 Å². The van der Waals surface area contributed by atoms with Crippen molar-refractivity contribution in [1.29, 1.82) is 0 Å². The van der Waals surface area contributed by atoms with Crippen LogP contribution in [-0.4, -0.2) is 36.0 Å². The van der Waals surface area contributed by atoms with E-state index >= 15 is 0 Å². The van der Waals surface area contributed by atoms with Crippen molar-refractivity contribution >= 4 is 56.2 Å². The lowest BCUT2D eigenvalue weighted by molar-refractivity contribution is -0.118. The zero-order valence-corrected chi connectivity index (χ0v) is 20.3. The number of thiophene rings is 1. The van der Waals surface area contributed by atoms with Gasteiger partial charge in [0.15, 0.2) is 6.61 Å². The Morgan fingerprint density at radius 1 is 1.19 bits per heavy atom. The number of amides is 1. The van der Waals surface area contributed by atoms with Crippen LogP contribution in [0.5, 0.6) is 5.75 Å². The first-order valence-electron chi connectivity index (χ1n) is 10.2. The average Bonchev–Trinajstić information content (AvgIpc) is 3.32. The number of hydrogen-bond acceptors (Lipinski definition) is 6. The molecule has 0 aliphatic carbocycles. The topological polar surface area (TPSA) is 54.5 Å². The third-order valence-electron chi connectivity index (χ3n) is 5.37. The lowest BCUT2D eigenvalue weighted by Gasteiger charge is -2.22. The summed E-state index contributed by atoms with van der Waals surface area (Å²) in [6, 6.07) is 15.9. The predicted molar refractivity (Wildman–Crippen MR) is 136 cm³/mol. The normalized spacial score (nSPS) is 13.4. The van der Waals surface area contributed by atoms with E-state index < -0.39 is 0 Å². The number of aryl methyl sites for hydroxylation is 1. The highest BCUT2D eigenvalue weighted by molar-refractivity contribution is 7.22. The number of carbonyl (C=O) groups excluding carboxylic acids is 1. The van der Waals surface area contributed by atoms with Crippen molar-refractivity contribution in [2.24, 2.45) is 0 Å². The summed E-state index contributed by atoms with van der Waals surface area (Å²) in [5.41, 5.74) is 4.50. The fraction of sp³-hybridized carbons (Fsp3) is 0.250. The zero-order chi connectivity index (χ0) is 21.4. The van der Waals surface area contributed by atoms with Crippen molar-refractivity contribution in [3.63, 3.8) is 0 Å². The molecule has 0 saturated heterocycles. The van der Waals surface area contributed by atoms with E-state index in [0.717, 1.165) is 50.9 Å². The molecule has 5 rings (SSSR count). The van der Waals surface area contributed by atoms with Crippen LogP contribution in [0.4, 0.5) is 5.00 Å². The van der Waals surface area contributed by atoms with Crippen molar-refractivity contribution in [2.75, 3.05) is 25.5 Å². The second-order valence-electron chi connectivity index (χ2n) is 7.84. The van der Waals surface area contributed by atoms with Gasteiger partial charge in [-0.1, -0.05) is 24.3 Å². The molecule has 2 aromatic heterocycles. The van der Waals surface area contributed by atoms with Crippen LogP contribution in [-0.2, 0) is 17.8 Å². The number of ether oxygens (including phenoxy) is 1. The summed E-state index contributed by atoms with van der Waals surface area (Å²) >= 11 is 3.34. The molecule has 1 aliphatic rings. The summed E-state index contributed by atoms with van der Waals surface area (Å²) in [5, 5.41) is 4.96. The van der Waals surface area contributed by atoms with E-state index in [1.807, 2.05) is 49.4 Å². The third-order valence-corrected chi connectivity index (χ3v) is 7.55. The number of halogens is 1. The van der Waals surface area contributed by atoms with Crippen LogP contribution >= 0.6 is 35.1 Å². The van der Waals surface area contributed by atoms with E-state index in [1.54, 1.807) is 22.7 Å². The number of thiazole rings is 1. The standard InChI is InChI=1S/C24H23N3O2S2.ClH/c1-15-6-5-7-16(12-15)29-14-21(28)26-24-22(17-10-11-27(2)13-20(17)31-24)23-25-18-8-3-4-9-19(18)30-23;/h3-9,12H,10-11,13-14H2,1-2H3,(H,26,28);1H. The summed E-state index contributed by atoms with van der Waals surface area (Å²) in [5.74, 6) is 0.546. The highest BCUT2D eigenvalue weighted by Crippen LogP contribution is 2.45. The minimum absolute atomic E-state index is 0. The number of nitrogens with one attached hydrogen (secondary N) is 1. The Morgan fingerprint density at radius 2 is 2.03 bits per heavy atom. The van der Waals surface area contributed by atoms with Crippen LogP contribution in [0.2, 0.25) is 0 Å². The quantitative estimate of drug-likeness (QED) is 0.390. The molecule has 8 heteroatoms. The average molecular weight is 486 g/mol. The molecule has 32 heavy (non-hydrogen) atoms. The highest BCUT2D eigenvalue weighted by atomic mass is 35.5. The predicted octanol–water partition coefficient (Wildman–Crippen LogP) is 5.76. The summed E-state index contributed by atoms with van der Waals surface area (Å²) in [7, 11) is 2.13. The lowest BCUT2D eigenvalue weighted by Crippen LogP contribution is -2.25. The van der Waals surface area contributed by atoms with E-state index in [1.165, 1.54) is 10.4 Å². The van der Waals surface area contributed by atoms with Gasteiger partial charge in [-0.15, -0.1) is 35.1 Å². The largest absolute Gasteiger partial charge is 0.484 e. The molecule has 0 fully saturated rings. The maximum atomic E-state index is 12.7. The van der Waals surface area contributed by atoms with Crippen LogP contribution < -0.4 is 10.1 Å². The van der Waals surface area contributed by atoms with Gasteiger partial charge in [-0.2, -0.15) is 0 Å². The Balaban J connectivity index is 0.00000245. The van der Waals surface area contributed by atoms with Crippen LogP contribution in [0.15, 0.2) is 48.5 Å². The van der Waals surface area contributed by atoms with Crippen LogP contribution in [0, 0.1) is 6.92 Å². The van der Waals surface area contributed by atoms with E-state index in [-0.39, 0.29) is 24.9 Å². The van der Waals surface area contributed by atoms with E-state index in [4.69, 9.17) is 9.72 Å². The Hall–Kier alpha value is -2.45. The van der Waals surface area contributed by atoms with Gasteiger partial charge >= 0.3 is 0 Å². The molecule has 1 aliphatic heterocycles. The zero-order valence-electron chi connectivity index (χ0n) is 17.9. The molecule has 0 bridgehead atoms. The Kier molecular flexibility index (Phi) is 6.81. The number of aromatic nitrogens is 1. The molecule has 1 N–H and O–H groups in total. The molecular weight excluding hydrogens is 462 g/mol. The third kappa shape index (κ3) is 4.66. The van der Waals surface area contributed by atoms with E-state index in [2.05, 4.69) is 23.3 Å². The number of carbonyl (C=O) groups is 1. The molecule has 1 amide bonds. The monoisotopic (exact) mass is 485 g/mol. The first-order chi connectivity index (χ1) is 15.1. The Labute approximate surface area is 201 Å². The van der Waals surface area contributed by atoms with E-state index in [0.29, 0.717) is 5.75 Å². The van der Waals surface area contributed by atoms with Gasteiger partial charge in [-0.05, 0) is 55.8 Å². The van der Waals surface area contributed by atoms with Crippen molar-refractivity contribution in [1.82, 2.24) is 9.88 Å². The van der Waals surface area contributed by atoms with Gasteiger partial charge in [0, 0.05) is 23.5 Å². The number of para-hydroxylation sites is 1. The Bertz CT molecular complexity index is 1230. The molecule has 5 nitrogen and oxygen atoms in total. The molecule has 2 aromatic carbocycles. The molecule has 0 radical (unpaired) electrons. The molecule has 0 atom stereocenters. The minimum atomic E-state index is -0.157. The maximum Gasteiger partial charge on any atom is 0.262 e. The number of rotatable bonds is 5. The highest BCUT2D eigenvalue weighted by Gasteiger charge is 2.26. The van der Waals surface area contributed by atoms with Gasteiger partial charge in [0.1, 0.15) is 15.8 Å². The number of anilines is 1. The minimum Gasteiger partial charge on any atom is -0.484 e. The smallest absolute Gasteiger partial charge is 0.262 e. The number of fused-ring (bicyclic) bond motifs is 2. The fourth-order valence-electron chi connectivity index (χ4n) is 3.84. The van der Waals surface area contributed by atoms with Crippen LogP contribution in [0.25, 0.3) is 20.8 Å². The molecule has 0 unspecified atom stereocenters. The molecule has 4 aromatic rings. The summed E-state index contributed by atoms with van der Waals surface area (Å²) < 4.78 is 6.86. The molecule has 0 saturated carbocycles. The van der Waals surface area contributed by atoms with E-state index in [9.17, 15) is 4.79 Å². The van der Waals surface area contributed by atoms with Gasteiger partial charge in [-0.25, -0.2) is 4.98 Å². The van der Waals surface area contributed by atoms with Crippen LogP contribution in [0.3, 0.4) is 0 Å². The van der Waals surface area contributed by atoms with Crippen molar-refractivity contribution in [3.8, 4) is 16.3 Å². The second kappa shape index (κ2) is 9.58. The number of likely N-dealkylation sites (N-methyl/N-ethyl adjacent to an activating group) is 1. The fourth-order valence-corrected chi connectivity index (χ4v) is 6.30. The number of nitrogens with zero attached hydrogens (tertiary/aromatic N) is 2. The first-order valence-corrected chi connectivity index (χ1v) is 11.9. The summed E-state index contributed by atoms with van der Waals surface area (Å²) in [6.45, 7) is 3.88. The van der Waals surface area contributed by atoms with Gasteiger partial charge in [-0.3, -0.25) is 4.79 Å². The number of hydrogen-bond donors (Lipinski definition) is 1. The second-order valence-corrected chi connectivity index (χ2v) is 9.97.